The van der Waals surface area contributed by atoms with Crippen molar-refractivity contribution in [3.63, 3.8) is 0 Å². The smallest absolute Gasteiger partial charge is 0.274 e. The average molecular weight is 482 g/mol. The molecule has 1 aliphatic heterocycles. The highest BCUT2D eigenvalue weighted by atomic mass is 19.1. The van der Waals surface area contributed by atoms with Crippen molar-refractivity contribution in [3.8, 4) is 17.2 Å². The van der Waals surface area contributed by atoms with Gasteiger partial charge in [-0.25, -0.2) is 14.1 Å². The summed E-state index contributed by atoms with van der Waals surface area (Å²) >= 11 is 0. The molecule has 0 unspecified atom stereocenters. The largest absolute Gasteiger partial charge is 0.368 e. The zero-order valence-corrected chi connectivity index (χ0v) is 19.8. The highest BCUT2D eigenvalue weighted by Crippen LogP contribution is 2.26. The highest BCUT2D eigenvalue weighted by molar-refractivity contribution is 6.00. The molecule has 2 aromatic carbocycles. The van der Waals surface area contributed by atoms with Crippen LogP contribution in [0, 0.1) is 12.7 Å². The summed E-state index contributed by atoms with van der Waals surface area (Å²) < 4.78 is 17.0. The minimum absolute atomic E-state index is 0.122. The summed E-state index contributed by atoms with van der Waals surface area (Å²) in [6.07, 6.45) is 6.76. The molecule has 9 heteroatoms. The van der Waals surface area contributed by atoms with Gasteiger partial charge in [0.25, 0.3) is 5.91 Å². The summed E-state index contributed by atoms with van der Waals surface area (Å²) in [6, 6.07) is 16.4. The molecule has 0 atom stereocenters. The molecular weight excluding hydrogens is 457 g/mol. The van der Waals surface area contributed by atoms with Crippen molar-refractivity contribution < 1.29 is 9.18 Å². The molecule has 6 rings (SSSR count). The van der Waals surface area contributed by atoms with Crippen molar-refractivity contribution >= 4 is 17.1 Å². The molecule has 180 valence electrons. The van der Waals surface area contributed by atoms with Gasteiger partial charge in [-0.1, -0.05) is 17.7 Å². The molecule has 1 amide bonds. The average Bonchev–Trinajstić information content (AvgIpc) is 3.54. The third-order valence-corrected chi connectivity index (χ3v) is 6.56. The zero-order valence-electron chi connectivity index (χ0n) is 19.8. The van der Waals surface area contributed by atoms with Gasteiger partial charge in [0.1, 0.15) is 11.5 Å². The monoisotopic (exact) mass is 481 g/mol. The van der Waals surface area contributed by atoms with Crippen LogP contribution in [0.2, 0.25) is 0 Å². The van der Waals surface area contributed by atoms with E-state index in [1.165, 1.54) is 23.4 Å². The minimum Gasteiger partial charge on any atom is -0.368 e. The van der Waals surface area contributed by atoms with E-state index < -0.39 is 0 Å². The summed E-state index contributed by atoms with van der Waals surface area (Å²) in [5.74, 6) is 0.124. The maximum atomic E-state index is 13.6. The van der Waals surface area contributed by atoms with E-state index in [0.29, 0.717) is 41.5 Å². The first-order chi connectivity index (χ1) is 17.6. The van der Waals surface area contributed by atoms with Crippen molar-refractivity contribution in [1.29, 1.82) is 0 Å². The fraction of sp³-hybridized carbons (Fsp3) is 0.185. The maximum absolute atomic E-state index is 13.6. The molecule has 0 spiro atoms. The highest BCUT2D eigenvalue weighted by Gasteiger charge is 2.27. The normalized spacial score (nSPS) is 13.9. The molecule has 0 bridgehead atoms. The summed E-state index contributed by atoms with van der Waals surface area (Å²) in [5, 5.41) is 4.41. The van der Waals surface area contributed by atoms with Gasteiger partial charge in [0, 0.05) is 44.3 Å². The number of halogens is 1. The Morgan fingerprint density at radius 3 is 2.36 bits per heavy atom. The number of fused-ring (bicyclic) bond motifs is 1. The standard InChI is InChI=1S/C27H24FN7O/c1-19-2-6-21(7-3-19)32-14-16-33(17-15-32)27(36)25-24-18-29-12-13-34(24)26(31-25)23-10-11-30-35(23)22-8-4-20(28)5-9-22/h2-13,18H,14-17H2,1H3. The third kappa shape index (κ3) is 3.88. The lowest BCUT2D eigenvalue weighted by molar-refractivity contribution is 0.0743. The van der Waals surface area contributed by atoms with Crippen LogP contribution >= 0.6 is 0 Å². The number of benzene rings is 2. The summed E-state index contributed by atoms with van der Waals surface area (Å²) in [7, 11) is 0. The van der Waals surface area contributed by atoms with Crippen LogP contribution < -0.4 is 4.90 Å². The van der Waals surface area contributed by atoms with Gasteiger partial charge in [0.15, 0.2) is 11.5 Å². The van der Waals surface area contributed by atoms with Crippen LogP contribution in [0.4, 0.5) is 10.1 Å². The molecule has 8 nitrogen and oxygen atoms in total. The van der Waals surface area contributed by atoms with Gasteiger partial charge in [0.2, 0.25) is 0 Å². The molecule has 36 heavy (non-hydrogen) atoms. The number of hydrogen-bond acceptors (Lipinski definition) is 5. The van der Waals surface area contributed by atoms with Crippen LogP contribution in [0.15, 0.2) is 79.4 Å². The Kier molecular flexibility index (Phi) is 5.44. The minimum atomic E-state index is -0.319. The number of aryl methyl sites for hydroxylation is 1. The van der Waals surface area contributed by atoms with Gasteiger partial charge in [-0.05, 0) is 49.4 Å². The molecule has 0 N–H and O–H groups in total. The van der Waals surface area contributed by atoms with E-state index in [-0.39, 0.29) is 11.7 Å². The number of aromatic nitrogens is 5. The number of piperazine rings is 1. The van der Waals surface area contributed by atoms with E-state index in [9.17, 15) is 9.18 Å². The first-order valence-electron chi connectivity index (χ1n) is 11.8. The van der Waals surface area contributed by atoms with E-state index in [0.717, 1.165) is 13.1 Å². The molecular formula is C27H24FN7O. The Morgan fingerprint density at radius 2 is 1.61 bits per heavy atom. The molecule has 5 aromatic rings. The van der Waals surface area contributed by atoms with E-state index in [1.54, 1.807) is 41.6 Å². The van der Waals surface area contributed by atoms with Crippen molar-refractivity contribution in [3.05, 3.63) is 96.5 Å². The van der Waals surface area contributed by atoms with Gasteiger partial charge in [-0.15, -0.1) is 0 Å². The number of anilines is 1. The Balaban J connectivity index is 1.30. The third-order valence-electron chi connectivity index (χ3n) is 6.56. The van der Waals surface area contributed by atoms with Crippen molar-refractivity contribution in [2.75, 3.05) is 31.1 Å². The van der Waals surface area contributed by atoms with E-state index >= 15 is 0 Å². The lowest BCUT2D eigenvalue weighted by atomic mass is 10.2. The number of imidazole rings is 1. The molecule has 0 aliphatic carbocycles. The molecule has 0 radical (unpaired) electrons. The fourth-order valence-electron chi connectivity index (χ4n) is 4.61. The van der Waals surface area contributed by atoms with Gasteiger partial charge >= 0.3 is 0 Å². The SMILES string of the molecule is Cc1ccc(N2CCN(C(=O)c3nc(-c4ccnn4-c4ccc(F)cc4)n4ccncc34)CC2)cc1. The maximum Gasteiger partial charge on any atom is 0.274 e. The molecule has 0 saturated carbocycles. The van der Waals surface area contributed by atoms with Gasteiger partial charge in [0.05, 0.1) is 23.6 Å². The van der Waals surface area contributed by atoms with Crippen LogP contribution in [0.25, 0.3) is 22.7 Å². The van der Waals surface area contributed by atoms with Crippen molar-refractivity contribution in [2.45, 2.75) is 6.92 Å². The quantitative estimate of drug-likeness (QED) is 0.388. The summed E-state index contributed by atoms with van der Waals surface area (Å²) in [5.41, 5.74) is 4.76. The molecule has 3 aromatic heterocycles. The lowest BCUT2D eigenvalue weighted by Gasteiger charge is -2.36. The predicted octanol–water partition coefficient (Wildman–Crippen LogP) is 3.99. The second-order valence-electron chi connectivity index (χ2n) is 8.84. The van der Waals surface area contributed by atoms with Crippen LogP contribution in [0.3, 0.4) is 0 Å². The first-order valence-corrected chi connectivity index (χ1v) is 11.8. The van der Waals surface area contributed by atoms with E-state index in [1.807, 2.05) is 15.4 Å². The van der Waals surface area contributed by atoms with Crippen LogP contribution in [0.1, 0.15) is 16.1 Å². The van der Waals surface area contributed by atoms with Crippen molar-refractivity contribution in [2.24, 2.45) is 0 Å². The Hall–Kier alpha value is -4.53. The van der Waals surface area contributed by atoms with Gasteiger partial charge < -0.3 is 9.80 Å². The number of amides is 1. The van der Waals surface area contributed by atoms with Gasteiger partial charge in [-0.2, -0.15) is 5.10 Å². The Morgan fingerprint density at radius 1 is 0.889 bits per heavy atom. The number of nitrogens with zero attached hydrogens (tertiary/aromatic N) is 7. The number of hydrogen-bond donors (Lipinski definition) is 0. The molecule has 4 heterocycles. The molecule has 1 fully saturated rings. The topological polar surface area (TPSA) is 71.6 Å². The summed E-state index contributed by atoms with van der Waals surface area (Å²) in [6.45, 7) is 4.79. The number of carbonyl (C=O) groups excluding carboxylic acids is 1. The van der Waals surface area contributed by atoms with Crippen molar-refractivity contribution in [1.82, 2.24) is 29.0 Å². The Bertz CT molecular complexity index is 1530. The molecule has 1 saturated heterocycles. The predicted molar refractivity (Wildman–Crippen MR) is 135 cm³/mol. The second-order valence-corrected chi connectivity index (χ2v) is 8.84. The van der Waals surface area contributed by atoms with Gasteiger partial charge in [-0.3, -0.25) is 14.2 Å². The van der Waals surface area contributed by atoms with Crippen LogP contribution in [-0.2, 0) is 0 Å². The molecule has 1 aliphatic rings. The number of carbonyl (C=O) groups is 1. The second kappa shape index (κ2) is 8.92. The fourth-order valence-corrected chi connectivity index (χ4v) is 4.61. The Labute approximate surface area is 207 Å². The zero-order chi connectivity index (χ0) is 24.6. The first kappa shape index (κ1) is 22.0. The number of rotatable bonds is 4. The van der Waals surface area contributed by atoms with E-state index in [2.05, 4.69) is 46.2 Å². The van der Waals surface area contributed by atoms with Crippen LogP contribution in [0.5, 0.6) is 0 Å². The van der Waals surface area contributed by atoms with Crippen LogP contribution in [-0.4, -0.2) is 61.1 Å². The summed E-state index contributed by atoms with van der Waals surface area (Å²) in [4.78, 5) is 26.8. The lowest BCUT2D eigenvalue weighted by Crippen LogP contribution is -2.49. The van der Waals surface area contributed by atoms with E-state index in [4.69, 9.17) is 4.98 Å².